The van der Waals surface area contributed by atoms with Crippen molar-refractivity contribution in [1.29, 1.82) is 0 Å². The van der Waals surface area contributed by atoms with Crippen LogP contribution in [0.25, 0.3) is 0 Å². The third-order valence-electron chi connectivity index (χ3n) is 1.81. The van der Waals surface area contributed by atoms with Gasteiger partial charge in [0, 0.05) is 17.1 Å². The van der Waals surface area contributed by atoms with E-state index < -0.39 is 20.6 Å². The number of nitro groups is 1. The molecule has 0 bridgehead atoms. The van der Waals surface area contributed by atoms with Crippen LogP contribution in [0.5, 0.6) is 0 Å². The Bertz CT molecular complexity index is 556. The van der Waals surface area contributed by atoms with Crippen LogP contribution in [-0.2, 0) is 10.0 Å². The van der Waals surface area contributed by atoms with Gasteiger partial charge >= 0.3 is 0 Å². The van der Waals surface area contributed by atoms with E-state index in [1.807, 2.05) is 0 Å². The van der Waals surface area contributed by atoms with Crippen LogP contribution in [0, 0.1) is 10.1 Å². The first kappa shape index (κ1) is 13.8. The Morgan fingerprint density at radius 1 is 1.47 bits per heavy atom. The number of nitrogens with zero attached hydrogens (tertiary/aromatic N) is 1. The van der Waals surface area contributed by atoms with Crippen molar-refractivity contribution < 1.29 is 13.3 Å². The number of halogens is 1. The first-order chi connectivity index (χ1) is 7.84. The molecule has 0 aliphatic heterocycles. The van der Waals surface area contributed by atoms with Crippen LogP contribution in [0.15, 0.2) is 40.2 Å². The molecule has 1 aromatic rings. The van der Waals surface area contributed by atoms with Gasteiger partial charge in [-0.15, -0.1) is 0 Å². The molecular formula is C9H9BrN2O4S. The Labute approximate surface area is 107 Å². The fourth-order valence-corrected chi connectivity index (χ4v) is 2.61. The van der Waals surface area contributed by atoms with Gasteiger partial charge in [0.2, 0.25) is 10.0 Å². The lowest BCUT2D eigenvalue weighted by atomic mass is 10.3. The topological polar surface area (TPSA) is 89.3 Å². The molecule has 0 saturated heterocycles. The van der Waals surface area contributed by atoms with Gasteiger partial charge in [-0.05, 0) is 6.07 Å². The summed E-state index contributed by atoms with van der Waals surface area (Å²) in [5.74, 6) is 0. The highest BCUT2D eigenvalue weighted by Crippen LogP contribution is 2.22. The van der Waals surface area contributed by atoms with E-state index in [9.17, 15) is 18.5 Å². The predicted molar refractivity (Wildman–Crippen MR) is 66.4 cm³/mol. The van der Waals surface area contributed by atoms with E-state index in [0.717, 1.165) is 6.07 Å². The molecule has 6 nitrogen and oxygen atoms in total. The van der Waals surface area contributed by atoms with Crippen molar-refractivity contribution in [3.05, 3.63) is 45.4 Å². The second kappa shape index (κ2) is 5.39. The summed E-state index contributed by atoms with van der Waals surface area (Å²) in [7, 11) is -3.91. The van der Waals surface area contributed by atoms with Crippen molar-refractivity contribution in [3.8, 4) is 0 Å². The van der Waals surface area contributed by atoms with Gasteiger partial charge < -0.3 is 0 Å². The Balaban J connectivity index is 3.15. The number of nitro benzene ring substituents is 1. The van der Waals surface area contributed by atoms with Crippen LogP contribution in [0.4, 0.5) is 5.69 Å². The fourth-order valence-electron chi connectivity index (χ4n) is 1.09. The highest BCUT2D eigenvalue weighted by atomic mass is 79.9. The maximum Gasteiger partial charge on any atom is 0.289 e. The van der Waals surface area contributed by atoms with Gasteiger partial charge in [0.15, 0.2) is 4.90 Å². The molecule has 8 heteroatoms. The van der Waals surface area contributed by atoms with E-state index >= 15 is 0 Å². The molecule has 1 rings (SSSR count). The lowest BCUT2D eigenvalue weighted by molar-refractivity contribution is -0.387. The van der Waals surface area contributed by atoms with Crippen molar-refractivity contribution >= 4 is 31.6 Å². The monoisotopic (exact) mass is 320 g/mol. The third-order valence-corrected chi connectivity index (χ3v) is 3.53. The zero-order valence-corrected chi connectivity index (χ0v) is 11.0. The summed E-state index contributed by atoms with van der Waals surface area (Å²) >= 11 is 2.99. The molecule has 0 amide bonds. The third kappa shape index (κ3) is 3.62. The summed E-state index contributed by atoms with van der Waals surface area (Å²) in [5, 5.41) is 10.7. The Hall–Kier alpha value is -1.25. The quantitative estimate of drug-likeness (QED) is 0.661. The molecule has 0 fully saturated rings. The van der Waals surface area contributed by atoms with Gasteiger partial charge in [-0.25, -0.2) is 13.1 Å². The normalized spacial score (nSPS) is 11.1. The standard InChI is InChI=1S/C9H9BrN2O4S/c1-7(10)6-11-17(15,16)9-5-3-2-4-8(9)12(13)14/h2-5,11H,1,6H2. The fraction of sp³-hybridized carbons (Fsp3) is 0.111. The van der Waals surface area contributed by atoms with E-state index in [0.29, 0.717) is 4.48 Å². The molecule has 0 aromatic heterocycles. The smallest absolute Gasteiger partial charge is 0.258 e. The minimum atomic E-state index is -3.91. The highest BCUT2D eigenvalue weighted by Gasteiger charge is 2.24. The molecule has 0 atom stereocenters. The molecule has 0 radical (unpaired) electrons. The van der Waals surface area contributed by atoms with E-state index in [1.54, 1.807) is 0 Å². The van der Waals surface area contributed by atoms with Crippen LogP contribution in [0.2, 0.25) is 0 Å². The molecule has 0 heterocycles. The molecular weight excluding hydrogens is 312 g/mol. The van der Waals surface area contributed by atoms with Crippen LogP contribution in [0.1, 0.15) is 0 Å². The van der Waals surface area contributed by atoms with Crippen LogP contribution in [-0.4, -0.2) is 19.9 Å². The van der Waals surface area contributed by atoms with E-state index in [4.69, 9.17) is 0 Å². The number of nitrogens with one attached hydrogen (secondary N) is 1. The lowest BCUT2D eigenvalue weighted by Gasteiger charge is -2.06. The first-order valence-electron chi connectivity index (χ1n) is 4.41. The number of sulfonamides is 1. The number of hydrogen-bond donors (Lipinski definition) is 1. The summed E-state index contributed by atoms with van der Waals surface area (Å²) in [6.45, 7) is 3.43. The number of benzene rings is 1. The molecule has 0 aliphatic carbocycles. The van der Waals surface area contributed by atoms with Gasteiger partial charge in [-0.3, -0.25) is 10.1 Å². The maximum absolute atomic E-state index is 11.8. The summed E-state index contributed by atoms with van der Waals surface area (Å²) in [6, 6.07) is 5.14. The zero-order valence-electron chi connectivity index (χ0n) is 8.59. The van der Waals surface area contributed by atoms with Gasteiger partial charge in [-0.2, -0.15) is 0 Å². The average molecular weight is 321 g/mol. The average Bonchev–Trinajstić information content (AvgIpc) is 2.26. The summed E-state index contributed by atoms with van der Waals surface area (Å²) in [6.07, 6.45) is 0. The largest absolute Gasteiger partial charge is 0.289 e. The minimum absolute atomic E-state index is 0.0334. The van der Waals surface area contributed by atoms with Crippen LogP contribution >= 0.6 is 15.9 Å². The second-order valence-corrected chi connectivity index (χ2v) is 5.92. The van der Waals surface area contributed by atoms with Gasteiger partial charge in [0.05, 0.1) is 4.92 Å². The van der Waals surface area contributed by atoms with E-state index in [2.05, 4.69) is 27.2 Å². The lowest BCUT2D eigenvalue weighted by Crippen LogP contribution is -2.25. The summed E-state index contributed by atoms with van der Waals surface area (Å²) in [4.78, 5) is 9.59. The molecule has 1 aromatic carbocycles. The number of para-hydroxylation sites is 1. The maximum atomic E-state index is 11.8. The SMILES string of the molecule is C=C(Br)CNS(=O)(=O)c1ccccc1[N+](=O)[O-]. The second-order valence-electron chi connectivity index (χ2n) is 3.07. The Kier molecular flexibility index (Phi) is 4.38. The molecule has 0 unspecified atom stereocenters. The zero-order chi connectivity index (χ0) is 13.1. The Morgan fingerprint density at radius 2 is 2.06 bits per heavy atom. The van der Waals surface area contributed by atoms with Gasteiger partial charge in [0.1, 0.15) is 0 Å². The summed E-state index contributed by atoms with van der Waals surface area (Å²) < 4.78 is 26.2. The molecule has 17 heavy (non-hydrogen) atoms. The number of hydrogen-bond acceptors (Lipinski definition) is 4. The van der Waals surface area contributed by atoms with E-state index in [1.165, 1.54) is 18.2 Å². The van der Waals surface area contributed by atoms with E-state index in [-0.39, 0.29) is 11.4 Å². The highest BCUT2D eigenvalue weighted by molar-refractivity contribution is 9.11. The molecule has 92 valence electrons. The van der Waals surface area contributed by atoms with Crippen LogP contribution in [0.3, 0.4) is 0 Å². The molecule has 0 aliphatic rings. The summed E-state index contributed by atoms with van der Waals surface area (Å²) in [5.41, 5.74) is -0.458. The van der Waals surface area contributed by atoms with Crippen molar-refractivity contribution in [1.82, 2.24) is 4.72 Å². The van der Waals surface area contributed by atoms with Crippen molar-refractivity contribution in [3.63, 3.8) is 0 Å². The van der Waals surface area contributed by atoms with Crippen LogP contribution < -0.4 is 4.72 Å². The molecule has 0 saturated carbocycles. The molecule has 0 spiro atoms. The Morgan fingerprint density at radius 3 is 2.59 bits per heavy atom. The number of rotatable bonds is 5. The van der Waals surface area contributed by atoms with Crippen molar-refractivity contribution in [2.24, 2.45) is 0 Å². The van der Waals surface area contributed by atoms with Gasteiger partial charge in [0.25, 0.3) is 5.69 Å². The first-order valence-corrected chi connectivity index (χ1v) is 6.68. The van der Waals surface area contributed by atoms with Crippen molar-refractivity contribution in [2.75, 3.05) is 6.54 Å². The predicted octanol–water partition coefficient (Wildman–Crippen LogP) is 1.78. The van der Waals surface area contributed by atoms with Crippen molar-refractivity contribution in [2.45, 2.75) is 4.90 Å². The molecule has 1 N–H and O–H groups in total. The minimum Gasteiger partial charge on any atom is -0.258 e. The van der Waals surface area contributed by atoms with Gasteiger partial charge in [-0.1, -0.05) is 34.6 Å².